The summed E-state index contributed by atoms with van der Waals surface area (Å²) in [6.45, 7) is -0.419. The molecule has 23 heavy (non-hydrogen) atoms. The second kappa shape index (κ2) is 7.63. The third-order valence-electron chi connectivity index (χ3n) is 2.75. The van der Waals surface area contributed by atoms with E-state index in [9.17, 15) is 13.2 Å². The fourth-order valence-electron chi connectivity index (χ4n) is 1.64. The molecule has 0 spiro atoms. The molecule has 0 saturated carbocycles. The zero-order chi connectivity index (χ0) is 17.0. The zero-order valence-corrected chi connectivity index (χ0v) is 15.4. The Kier molecular flexibility index (Phi) is 6.05. The molecule has 2 aromatic rings. The lowest BCUT2D eigenvalue weighted by molar-refractivity contribution is -0.115. The fraction of sp³-hybridized carbons (Fsp3) is 0.0714. The average Bonchev–Trinajstić information content (AvgIpc) is 2.49. The van der Waals surface area contributed by atoms with Gasteiger partial charge in [-0.3, -0.25) is 4.79 Å². The van der Waals surface area contributed by atoms with Crippen LogP contribution in [0, 0.1) is 0 Å². The van der Waals surface area contributed by atoms with Crippen molar-refractivity contribution in [3.05, 3.63) is 57.0 Å². The van der Waals surface area contributed by atoms with E-state index in [1.807, 2.05) is 0 Å². The van der Waals surface area contributed by atoms with Gasteiger partial charge >= 0.3 is 0 Å². The Labute approximate surface area is 152 Å². The number of carbonyl (C=O) groups excluding carboxylic acids is 1. The van der Waals surface area contributed by atoms with Crippen LogP contribution in [0.2, 0.25) is 10.0 Å². The summed E-state index contributed by atoms with van der Waals surface area (Å²) in [7, 11) is -3.77. The molecule has 0 saturated heterocycles. The molecule has 0 bridgehead atoms. The van der Waals surface area contributed by atoms with Crippen molar-refractivity contribution in [1.82, 2.24) is 4.72 Å². The van der Waals surface area contributed by atoms with Crippen molar-refractivity contribution >= 4 is 60.7 Å². The number of benzene rings is 2. The number of rotatable bonds is 5. The molecule has 0 heterocycles. The van der Waals surface area contributed by atoms with Gasteiger partial charge < -0.3 is 5.32 Å². The van der Waals surface area contributed by atoms with Crippen LogP contribution in [0.25, 0.3) is 0 Å². The summed E-state index contributed by atoms with van der Waals surface area (Å²) < 4.78 is 27.1. The average molecular weight is 438 g/mol. The van der Waals surface area contributed by atoms with Gasteiger partial charge in [0, 0.05) is 9.50 Å². The van der Waals surface area contributed by atoms with Crippen LogP contribution in [0.15, 0.2) is 51.8 Å². The number of anilines is 1. The summed E-state index contributed by atoms with van der Waals surface area (Å²) in [4.78, 5) is 11.9. The highest BCUT2D eigenvalue weighted by atomic mass is 79.9. The molecular weight excluding hydrogens is 427 g/mol. The maximum Gasteiger partial charge on any atom is 0.241 e. The van der Waals surface area contributed by atoms with E-state index in [4.69, 9.17) is 23.2 Å². The van der Waals surface area contributed by atoms with Gasteiger partial charge in [-0.05, 0) is 42.5 Å². The van der Waals surface area contributed by atoms with Gasteiger partial charge in [-0.1, -0.05) is 39.1 Å². The maximum atomic E-state index is 12.1. The lowest BCUT2D eigenvalue weighted by Gasteiger charge is -2.09. The molecule has 0 aliphatic carbocycles. The molecule has 5 nitrogen and oxygen atoms in total. The lowest BCUT2D eigenvalue weighted by Crippen LogP contribution is -2.32. The third-order valence-corrected chi connectivity index (χ3v) is 5.25. The first-order valence-corrected chi connectivity index (χ1v) is 9.31. The van der Waals surface area contributed by atoms with Gasteiger partial charge in [0.2, 0.25) is 15.9 Å². The van der Waals surface area contributed by atoms with Crippen molar-refractivity contribution in [2.45, 2.75) is 4.90 Å². The van der Waals surface area contributed by atoms with Gasteiger partial charge in [-0.15, -0.1) is 0 Å². The standard InChI is InChI=1S/C14H11BrCl2N2O3S/c15-9-1-4-11(5-2-9)23(21,22)18-8-14(20)19-13-6-3-10(16)7-12(13)17/h1-7,18H,8H2,(H,19,20). The Balaban J connectivity index is 1.99. The van der Waals surface area contributed by atoms with E-state index in [1.165, 1.54) is 24.3 Å². The molecule has 0 unspecified atom stereocenters. The molecule has 2 aromatic carbocycles. The number of carbonyl (C=O) groups is 1. The number of hydrogen-bond donors (Lipinski definition) is 2. The van der Waals surface area contributed by atoms with Crippen LogP contribution in [0.3, 0.4) is 0 Å². The molecule has 2 N–H and O–H groups in total. The van der Waals surface area contributed by atoms with Crippen LogP contribution < -0.4 is 10.0 Å². The van der Waals surface area contributed by atoms with Gasteiger partial charge in [0.15, 0.2) is 0 Å². The largest absolute Gasteiger partial charge is 0.324 e. The quantitative estimate of drug-likeness (QED) is 0.749. The lowest BCUT2D eigenvalue weighted by atomic mass is 10.3. The first kappa shape index (κ1) is 18.2. The summed E-state index contributed by atoms with van der Waals surface area (Å²) in [6, 6.07) is 10.6. The minimum atomic E-state index is -3.77. The molecular formula is C14H11BrCl2N2O3S. The first-order chi connectivity index (χ1) is 10.8. The van der Waals surface area contributed by atoms with Crippen LogP contribution >= 0.6 is 39.1 Å². The predicted molar refractivity (Wildman–Crippen MR) is 94.4 cm³/mol. The highest BCUT2D eigenvalue weighted by Crippen LogP contribution is 2.25. The van der Waals surface area contributed by atoms with Gasteiger partial charge in [0.05, 0.1) is 22.2 Å². The molecule has 0 atom stereocenters. The van der Waals surface area contributed by atoms with Crippen molar-refractivity contribution in [3.8, 4) is 0 Å². The van der Waals surface area contributed by atoms with E-state index < -0.39 is 22.5 Å². The summed E-state index contributed by atoms with van der Waals surface area (Å²) in [5, 5.41) is 3.21. The predicted octanol–water partition coefficient (Wildman–Crippen LogP) is 3.67. The van der Waals surface area contributed by atoms with Crippen molar-refractivity contribution in [2.75, 3.05) is 11.9 Å². The topological polar surface area (TPSA) is 75.3 Å². The summed E-state index contributed by atoms with van der Waals surface area (Å²) in [5.41, 5.74) is 0.351. The van der Waals surface area contributed by atoms with Gasteiger partial charge in [0.1, 0.15) is 0 Å². The van der Waals surface area contributed by atoms with E-state index in [1.54, 1.807) is 18.2 Å². The SMILES string of the molecule is O=C(CNS(=O)(=O)c1ccc(Br)cc1)Nc1ccc(Cl)cc1Cl. The zero-order valence-electron chi connectivity index (χ0n) is 11.5. The smallest absolute Gasteiger partial charge is 0.241 e. The molecule has 0 aliphatic rings. The van der Waals surface area contributed by atoms with E-state index >= 15 is 0 Å². The van der Waals surface area contributed by atoms with Gasteiger partial charge in [-0.25, -0.2) is 13.1 Å². The minimum absolute atomic E-state index is 0.0676. The molecule has 9 heteroatoms. The molecule has 0 aliphatic heterocycles. The molecule has 2 rings (SSSR count). The molecule has 0 radical (unpaired) electrons. The Morgan fingerprint density at radius 3 is 2.35 bits per heavy atom. The first-order valence-electron chi connectivity index (χ1n) is 6.28. The monoisotopic (exact) mass is 436 g/mol. The Hall–Kier alpha value is -1.12. The number of nitrogens with one attached hydrogen (secondary N) is 2. The van der Waals surface area contributed by atoms with E-state index in [0.717, 1.165) is 4.47 Å². The highest BCUT2D eigenvalue weighted by molar-refractivity contribution is 9.10. The molecule has 1 amide bonds. The van der Waals surface area contributed by atoms with Crippen molar-refractivity contribution in [3.63, 3.8) is 0 Å². The van der Waals surface area contributed by atoms with Crippen molar-refractivity contribution < 1.29 is 13.2 Å². The van der Waals surface area contributed by atoms with E-state index in [2.05, 4.69) is 26.0 Å². The van der Waals surface area contributed by atoms with Crippen molar-refractivity contribution in [2.24, 2.45) is 0 Å². The summed E-state index contributed by atoms with van der Waals surface area (Å²) in [5.74, 6) is -0.546. The molecule has 0 fully saturated rings. The normalized spacial score (nSPS) is 11.3. The maximum absolute atomic E-state index is 12.1. The third kappa shape index (κ3) is 5.19. The Bertz CT molecular complexity index is 826. The van der Waals surface area contributed by atoms with Crippen LogP contribution in [0.4, 0.5) is 5.69 Å². The number of sulfonamides is 1. The van der Waals surface area contributed by atoms with Crippen LogP contribution in [-0.4, -0.2) is 20.9 Å². The van der Waals surface area contributed by atoms with Crippen LogP contribution in [0.5, 0.6) is 0 Å². The van der Waals surface area contributed by atoms with E-state index in [-0.39, 0.29) is 9.92 Å². The fourth-order valence-corrected chi connectivity index (χ4v) is 3.35. The number of amides is 1. The summed E-state index contributed by atoms with van der Waals surface area (Å²) >= 11 is 14.9. The molecule has 0 aromatic heterocycles. The van der Waals surface area contributed by atoms with Crippen molar-refractivity contribution in [1.29, 1.82) is 0 Å². The molecule has 122 valence electrons. The van der Waals surface area contributed by atoms with Crippen LogP contribution in [0.1, 0.15) is 0 Å². The highest BCUT2D eigenvalue weighted by Gasteiger charge is 2.15. The van der Waals surface area contributed by atoms with Gasteiger partial charge in [0.25, 0.3) is 0 Å². The Morgan fingerprint density at radius 1 is 1.09 bits per heavy atom. The Morgan fingerprint density at radius 2 is 1.74 bits per heavy atom. The second-order valence-electron chi connectivity index (χ2n) is 4.45. The second-order valence-corrected chi connectivity index (χ2v) is 7.98. The number of halogens is 3. The number of hydrogen-bond acceptors (Lipinski definition) is 3. The van der Waals surface area contributed by atoms with Gasteiger partial charge in [-0.2, -0.15) is 0 Å². The minimum Gasteiger partial charge on any atom is -0.324 e. The van der Waals surface area contributed by atoms with Crippen LogP contribution in [-0.2, 0) is 14.8 Å². The van der Waals surface area contributed by atoms with E-state index in [0.29, 0.717) is 10.7 Å². The summed E-state index contributed by atoms with van der Waals surface area (Å²) in [6.07, 6.45) is 0.